The summed E-state index contributed by atoms with van der Waals surface area (Å²) in [5, 5.41) is 12.1. The first-order valence-electron chi connectivity index (χ1n) is 8.26. The minimum atomic E-state index is -1.06. The van der Waals surface area contributed by atoms with Crippen LogP contribution in [0.25, 0.3) is 0 Å². The molecule has 6 heteroatoms. The summed E-state index contributed by atoms with van der Waals surface area (Å²) in [6, 6.07) is 10.6. The third-order valence-corrected chi connectivity index (χ3v) is 4.40. The number of carboxylic acids is 1. The van der Waals surface area contributed by atoms with E-state index in [1.54, 1.807) is 0 Å². The Morgan fingerprint density at radius 3 is 2.54 bits per heavy atom. The van der Waals surface area contributed by atoms with E-state index in [1.807, 2.05) is 6.07 Å². The maximum atomic E-state index is 10.8. The lowest BCUT2D eigenvalue weighted by molar-refractivity contribution is 0.0690. The third-order valence-electron chi connectivity index (χ3n) is 4.40. The molecule has 0 aliphatic carbocycles. The average Bonchev–Trinajstić information content (AvgIpc) is 2.62. The normalized spacial score (nSPS) is 16.0. The highest BCUT2D eigenvalue weighted by Crippen LogP contribution is 2.19. The van der Waals surface area contributed by atoms with Gasteiger partial charge in [-0.05, 0) is 37.4 Å². The van der Waals surface area contributed by atoms with E-state index in [-0.39, 0.29) is 5.69 Å². The van der Waals surface area contributed by atoms with Crippen LogP contribution in [-0.4, -0.2) is 45.6 Å². The molecule has 0 unspecified atom stereocenters. The van der Waals surface area contributed by atoms with E-state index in [0.717, 1.165) is 39.0 Å². The van der Waals surface area contributed by atoms with Gasteiger partial charge in [0.2, 0.25) is 0 Å². The van der Waals surface area contributed by atoms with Crippen LogP contribution in [0.2, 0.25) is 0 Å². The van der Waals surface area contributed by atoms with Crippen LogP contribution in [0.15, 0.2) is 42.7 Å². The quantitative estimate of drug-likeness (QED) is 0.849. The minimum absolute atomic E-state index is 0.0326. The van der Waals surface area contributed by atoms with E-state index < -0.39 is 5.97 Å². The molecule has 0 bridgehead atoms. The number of anilines is 1. The first-order chi connectivity index (χ1) is 11.7. The molecule has 0 atom stereocenters. The van der Waals surface area contributed by atoms with Crippen molar-refractivity contribution in [2.24, 2.45) is 5.92 Å². The van der Waals surface area contributed by atoms with Crippen molar-refractivity contribution in [3.8, 4) is 0 Å². The van der Waals surface area contributed by atoms with Gasteiger partial charge < -0.3 is 10.4 Å². The van der Waals surface area contributed by atoms with Crippen molar-refractivity contribution in [1.82, 2.24) is 14.9 Å². The molecular weight excluding hydrogens is 304 g/mol. The standard InChI is InChI=1S/C18H22N4O2/c23-18(24)16-11-21-17(12-19-16)20-10-14-6-8-22(9-7-14)13-15-4-2-1-3-5-15/h1-5,11-12,14H,6-10,13H2,(H,20,21)(H,23,24). The van der Waals surface area contributed by atoms with Crippen LogP contribution in [0.5, 0.6) is 0 Å². The largest absolute Gasteiger partial charge is 0.476 e. The molecule has 6 nitrogen and oxygen atoms in total. The van der Waals surface area contributed by atoms with E-state index in [9.17, 15) is 4.79 Å². The predicted molar refractivity (Wildman–Crippen MR) is 91.9 cm³/mol. The summed E-state index contributed by atoms with van der Waals surface area (Å²) in [4.78, 5) is 21.2. The van der Waals surface area contributed by atoms with Crippen LogP contribution in [0.1, 0.15) is 28.9 Å². The molecule has 2 heterocycles. The van der Waals surface area contributed by atoms with Crippen LogP contribution in [0, 0.1) is 5.92 Å². The monoisotopic (exact) mass is 326 g/mol. The maximum absolute atomic E-state index is 10.8. The Labute approximate surface area is 141 Å². The summed E-state index contributed by atoms with van der Waals surface area (Å²) in [6.45, 7) is 4.07. The van der Waals surface area contributed by atoms with Crippen molar-refractivity contribution < 1.29 is 9.90 Å². The van der Waals surface area contributed by atoms with Crippen LogP contribution in [-0.2, 0) is 6.54 Å². The Morgan fingerprint density at radius 2 is 1.92 bits per heavy atom. The number of piperidine rings is 1. The number of likely N-dealkylation sites (tertiary alicyclic amines) is 1. The Bertz CT molecular complexity index is 652. The number of carboxylic acid groups (broad SMARTS) is 1. The van der Waals surface area contributed by atoms with E-state index in [1.165, 1.54) is 18.0 Å². The molecule has 1 aliphatic rings. The van der Waals surface area contributed by atoms with E-state index in [4.69, 9.17) is 5.11 Å². The second-order valence-corrected chi connectivity index (χ2v) is 6.18. The number of aromatic nitrogens is 2. The zero-order valence-electron chi connectivity index (χ0n) is 13.6. The SMILES string of the molecule is O=C(O)c1cnc(NCC2CCN(Cc3ccccc3)CC2)cn1. The lowest BCUT2D eigenvalue weighted by Crippen LogP contribution is -2.35. The van der Waals surface area contributed by atoms with Gasteiger partial charge in [0.1, 0.15) is 5.82 Å². The molecule has 2 N–H and O–H groups in total. The Morgan fingerprint density at radius 1 is 1.17 bits per heavy atom. The number of aromatic carboxylic acids is 1. The zero-order chi connectivity index (χ0) is 16.8. The van der Waals surface area contributed by atoms with Crippen molar-refractivity contribution in [2.45, 2.75) is 19.4 Å². The van der Waals surface area contributed by atoms with Crippen molar-refractivity contribution in [2.75, 3.05) is 25.0 Å². The number of carbonyl (C=O) groups is 1. The Balaban J connectivity index is 1.41. The van der Waals surface area contributed by atoms with Crippen molar-refractivity contribution >= 4 is 11.8 Å². The molecule has 1 aliphatic heterocycles. The number of hydrogen-bond donors (Lipinski definition) is 2. The smallest absolute Gasteiger partial charge is 0.356 e. The lowest BCUT2D eigenvalue weighted by Gasteiger charge is -2.32. The molecular formula is C18H22N4O2. The first-order valence-corrected chi connectivity index (χ1v) is 8.26. The van der Waals surface area contributed by atoms with Gasteiger partial charge in [-0.2, -0.15) is 0 Å². The minimum Gasteiger partial charge on any atom is -0.476 e. The topological polar surface area (TPSA) is 78.3 Å². The van der Waals surface area contributed by atoms with E-state index >= 15 is 0 Å². The fourth-order valence-corrected chi connectivity index (χ4v) is 2.97. The summed E-state index contributed by atoms with van der Waals surface area (Å²) >= 11 is 0. The van der Waals surface area contributed by atoms with Gasteiger partial charge in [-0.3, -0.25) is 4.90 Å². The number of rotatable bonds is 6. The zero-order valence-corrected chi connectivity index (χ0v) is 13.6. The number of benzene rings is 1. The van der Waals surface area contributed by atoms with Crippen LogP contribution >= 0.6 is 0 Å². The average molecular weight is 326 g/mol. The molecule has 24 heavy (non-hydrogen) atoms. The second-order valence-electron chi connectivity index (χ2n) is 6.18. The van der Waals surface area contributed by atoms with Gasteiger partial charge in [0, 0.05) is 13.1 Å². The summed E-state index contributed by atoms with van der Waals surface area (Å²) in [5.74, 6) is 0.185. The van der Waals surface area contributed by atoms with Gasteiger partial charge in [-0.15, -0.1) is 0 Å². The van der Waals surface area contributed by atoms with Gasteiger partial charge in [0.05, 0.1) is 12.4 Å². The fraction of sp³-hybridized carbons (Fsp3) is 0.389. The summed E-state index contributed by atoms with van der Waals surface area (Å²) in [7, 11) is 0. The molecule has 0 saturated carbocycles. The molecule has 0 spiro atoms. The molecule has 1 fully saturated rings. The highest BCUT2D eigenvalue weighted by atomic mass is 16.4. The van der Waals surface area contributed by atoms with Gasteiger partial charge >= 0.3 is 5.97 Å². The molecule has 0 radical (unpaired) electrons. The molecule has 2 aromatic rings. The van der Waals surface area contributed by atoms with E-state index in [0.29, 0.717) is 11.7 Å². The fourth-order valence-electron chi connectivity index (χ4n) is 2.97. The molecule has 0 amide bonds. The summed E-state index contributed by atoms with van der Waals surface area (Å²) in [6.07, 6.45) is 5.07. The van der Waals surface area contributed by atoms with Crippen molar-refractivity contribution in [3.63, 3.8) is 0 Å². The number of nitrogens with zero attached hydrogens (tertiary/aromatic N) is 3. The van der Waals surface area contributed by atoms with Crippen LogP contribution < -0.4 is 5.32 Å². The van der Waals surface area contributed by atoms with Crippen LogP contribution in [0.4, 0.5) is 5.82 Å². The molecule has 1 aromatic carbocycles. The van der Waals surface area contributed by atoms with Crippen molar-refractivity contribution in [3.05, 3.63) is 54.0 Å². The second kappa shape index (κ2) is 7.88. The first kappa shape index (κ1) is 16.4. The third kappa shape index (κ3) is 4.52. The number of nitrogens with one attached hydrogen (secondary N) is 1. The lowest BCUT2D eigenvalue weighted by atomic mass is 9.96. The Hall–Kier alpha value is -2.47. The summed E-state index contributed by atoms with van der Waals surface area (Å²) in [5.41, 5.74) is 1.33. The van der Waals surface area contributed by atoms with Crippen molar-refractivity contribution in [1.29, 1.82) is 0 Å². The van der Waals surface area contributed by atoms with Gasteiger partial charge in [0.15, 0.2) is 5.69 Å². The number of hydrogen-bond acceptors (Lipinski definition) is 5. The van der Waals surface area contributed by atoms with E-state index in [2.05, 4.69) is 44.5 Å². The molecule has 1 aromatic heterocycles. The van der Waals surface area contributed by atoms with Crippen LogP contribution in [0.3, 0.4) is 0 Å². The van der Waals surface area contributed by atoms with Gasteiger partial charge in [0.25, 0.3) is 0 Å². The highest BCUT2D eigenvalue weighted by molar-refractivity contribution is 5.84. The molecule has 1 saturated heterocycles. The highest BCUT2D eigenvalue weighted by Gasteiger charge is 2.19. The molecule has 126 valence electrons. The van der Waals surface area contributed by atoms with Gasteiger partial charge in [-0.25, -0.2) is 14.8 Å². The maximum Gasteiger partial charge on any atom is 0.356 e. The Kier molecular flexibility index (Phi) is 5.38. The van der Waals surface area contributed by atoms with Gasteiger partial charge in [-0.1, -0.05) is 30.3 Å². The molecule has 3 rings (SSSR count). The summed E-state index contributed by atoms with van der Waals surface area (Å²) < 4.78 is 0. The predicted octanol–water partition coefficient (Wildman–Crippen LogP) is 2.50.